The van der Waals surface area contributed by atoms with Gasteiger partial charge in [0, 0.05) is 17.1 Å². The number of hydrogen-bond donors (Lipinski definition) is 2. The summed E-state index contributed by atoms with van der Waals surface area (Å²) in [6, 6.07) is 20.7. The highest BCUT2D eigenvalue weighted by molar-refractivity contribution is 5.77. The molecule has 1 atom stereocenters. The average molecular weight is 392 g/mol. The van der Waals surface area contributed by atoms with E-state index in [0.29, 0.717) is 5.75 Å². The largest absolute Gasteiger partial charge is 0.491 e. The van der Waals surface area contributed by atoms with Crippen LogP contribution in [0.4, 0.5) is 17.1 Å². The van der Waals surface area contributed by atoms with Gasteiger partial charge in [-0.15, -0.1) is 0 Å². The van der Waals surface area contributed by atoms with E-state index in [1.54, 1.807) is 0 Å². The molecule has 0 amide bonds. The zero-order valence-corrected chi connectivity index (χ0v) is 17.5. The van der Waals surface area contributed by atoms with Crippen molar-refractivity contribution in [1.29, 1.82) is 0 Å². The van der Waals surface area contributed by atoms with E-state index in [9.17, 15) is 5.11 Å². The van der Waals surface area contributed by atoms with E-state index >= 15 is 0 Å². The van der Waals surface area contributed by atoms with Gasteiger partial charge in [-0.2, -0.15) is 0 Å². The van der Waals surface area contributed by atoms with Crippen LogP contribution in [-0.4, -0.2) is 29.5 Å². The fourth-order valence-electron chi connectivity index (χ4n) is 3.11. The molecular weight excluding hydrogens is 362 g/mol. The highest BCUT2D eigenvalue weighted by atomic mass is 16.5. The minimum Gasteiger partial charge on any atom is -0.491 e. The van der Waals surface area contributed by atoms with E-state index in [-0.39, 0.29) is 13.2 Å². The number of anilines is 3. The lowest BCUT2D eigenvalue weighted by Crippen LogP contribution is -2.21. The molecular formula is C25H29NO3. The van der Waals surface area contributed by atoms with Crippen molar-refractivity contribution in [3.05, 3.63) is 82.9 Å². The number of nitrogens with zero attached hydrogens (tertiary/aromatic N) is 1. The Morgan fingerprint density at radius 3 is 1.66 bits per heavy atom. The Hall–Kier alpha value is -2.82. The van der Waals surface area contributed by atoms with Gasteiger partial charge < -0.3 is 19.8 Å². The molecule has 29 heavy (non-hydrogen) atoms. The molecule has 152 valence electrons. The van der Waals surface area contributed by atoms with Crippen LogP contribution >= 0.6 is 0 Å². The third-order valence-electron chi connectivity index (χ3n) is 5.25. The first-order valence-corrected chi connectivity index (χ1v) is 9.85. The maximum Gasteiger partial charge on any atom is 0.119 e. The van der Waals surface area contributed by atoms with E-state index in [1.165, 1.54) is 22.3 Å². The minimum absolute atomic E-state index is 0.0634. The van der Waals surface area contributed by atoms with Gasteiger partial charge in [0.2, 0.25) is 0 Å². The summed E-state index contributed by atoms with van der Waals surface area (Å²) in [5.74, 6) is 0.654. The summed E-state index contributed by atoms with van der Waals surface area (Å²) in [6.07, 6.45) is -0.878. The Labute approximate surface area is 173 Å². The second-order valence-corrected chi connectivity index (χ2v) is 7.51. The van der Waals surface area contributed by atoms with Crippen molar-refractivity contribution in [1.82, 2.24) is 0 Å². The SMILES string of the molecule is Cc1ccc(N(c2ccc(OCC(O)CO)cc2)c2ccc(C)c(C)c2)cc1C. The van der Waals surface area contributed by atoms with E-state index in [1.807, 2.05) is 24.3 Å². The zero-order chi connectivity index (χ0) is 21.0. The molecule has 0 bridgehead atoms. The fourth-order valence-corrected chi connectivity index (χ4v) is 3.11. The number of aliphatic hydroxyl groups excluding tert-OH is 2. The van der Waals surface area contributed by atoms with Gasteiger partial charge in [0.05, 0.1) is 6.61 Å². The molecule has 0 aliphatic carbocycles. The van der Waals surface area contributed by atoms with E-state index in [2.05, 4.69) is 69.0 Å². The summed E-state index contributed by atoms with van der Waals surface area (Å²) in [5.41, 5.74) is 8.23. The van der Waals surface area contributed by atoms with Crippen molar-refractivity contribution >= 4 is 17.1 Å². The third kappa shape index (κ3) is 4.97. The van der Waals surface area contributed by atoms with Crippen LogP contribution in [0.25, 0.3) is 0 Å². The highest BCUT2D eigenvalue weighted by Crippen LogP contribution is 2.36. The van der Waals surface area contributed by atoms with Crippen molar-refractivity contribution in [2.45, 2.75) is 33.8 Å². The number of rotatable bonds is 7. The summed E-state index contributed by atoms with van der Waals surface area (Å²) in [7, 11) is 0. The van der Waals surface area contributed by atoms with Gasteiger partial charge in [-0.3, -0.25) is 0 Å². The lowest BCUT2D eigenvalue weighted by molar-refractivity contribution is 0.0536. The van der Waals surface area contributed by atoms with Crippen LogP contribution < -0.4 is 9.64 Å². The van der Waals surface area contributed by atoms with Gasteiger partial charge in [0.1, 0.15) is 18.5 Å². The van der Waals surface area contributed by atoms with Crippen molar-refractivity contribution in [3.8, 4) is 5.75 Å². The van der Waals surface area contributed by atoms with Crippen molar-refractivity contribution in [2.24, 2.45) is 0 Å². The molecule has 0 saturated carbocycles. The molecule has 3 rings (SSSR count). The summed E-state index contributed by atoms with van der Waals surface area (Å²) in [4.78, 5) is 2.23. The normalized spacial score (nSPS) is 11.9. The molecule has 4 heteroatoms. The van der Waals surface area contributed by atoms with Crippen LogP contribution in [0.15, 0.2) is 60.7 Å². The second kappa shape index (κ2) is 9.12. The zero-order valence-electron chi connectivity index (χ0n) is 17.5. The predicted octanol–water partition coefficient (Wildman–Crippen LogP) is 5.12. The van der Waals surface area contributed by atoms with Crippen LogP contribution in [0.2, 0.25) is 0 Å². The molecule has 1 unspecified atom stereocenters. The maximum absolute atomic E-state index is 9.47. The molecule has 0 fully saturated rings. The number of hydrogen-bond acceptors (Lipinski definition) is 4. The molecule has 0 aliphatic heterocycles. The molecule has 4 nitrogen and oxygen atoms in total. The average Bonchev–Trinajstić information content (AvgIpc) is 2.72. The van der Waals surface area contributed by atoms with Crippen LogP contribution in [0, 0.1) is 27.7 Å². The summed E-state index contributed by atoms with van der Waals surface area (Å²) in [5, 5.41) is 18.4. The molecule has 0 spiro atoms. The van der Waals surface area contributed by atoms with Crippen LogP contribution in [0.1, 0.15) is 22.3 Å². The minimum atomic E-state index is -0.878. The number of aliphatic hydroxyl groups is 2. The van der Waals surface area contributed by atoms with E-state index < -0.39 is 6.10 Å². The lowest BCUT2D eigenvalue weighted by Gasteiger charge is -2.27. The first-order valence-electron chi connectivity index (χ1n) is 9.85. The Kier molecular flexibility index (Phi) is 6.57. The first kappa shape index (κ1) is 20.9. The summed E-state index contributed by atoms with van der Waals surface area (Å²) in [6.45, 7) is 8.24. The highest BCUT2D eigenvalue weighted by Gasteiger charge is 2.14. The smallest absolute Gasteiger partial charge is 0.119 e. The molecule has 3 aromatic carbocycles. The number of benzene rings is 3. The Morgan fingerprint density at radius 1 is 0.724 bits per heavy atom. The summed E-state index contributed by atoms with van der Waals surface area (Å²) >= 11 is 0. The molecule has 0 aliphatic rings. The van der Waals surface area contributed by atoms with Crippen LogP contribution in [0.5, 0.6) is 5.75 Å². The lowest BCUT2D eigenvalue weighted by atomic mass is 10.1. The summed E-state index contributed by atoms with van der Waals surface area (Å²) < 4.78 is 5.55. The third-order valence-corrected chi connectivity index (χ3v) is 5.25. The second-order valence-electron chi connectivity index (χ2n) is 7.51. The van der Waals surface area contributed by atoms with Gasteiger partial charge >= 0.3 is 0 Å². The predicted molar refractivity (Wildman–Crippen MR) is 119 cm³/mol. The number of aryl methyl sites for hydroxylation is 4. The van der Waals surface area contributed by atoms with E-state index in [0.717, 1.165) is 17.1 Å². The Bertz CT molecular complexity index is 915. The molecule has 3 aromatic rings. The van der Waals surface area contributed by atoms with Gasteiger partial charge in [0.25, 0.3) is 0 Å². The van der Waals surface area contributed by atoms with Crippen LogP contribution in [-0.2, 0) is 0 Å². The van der Waals surface area contributed by atoms with E-state index in [4.69, 9.17) is 9.84 Å². The van der Waals surface area contributed by atoms with Gasteiger partial charge in [-0.25, -0.2) is 0 Å². The van der Waals surface area contributed by atoms with Gasteiger partial charge in [-0.1, -0.05) is 12.1 Å². The van der Waals surface area contributed by atoms with Gasteiger partial charge in [0.15, 0.2) is 0 Å². The van der Waals surface area contributed by atoms with Gasteiger partial charge in [-0.05, 0) is 98.5 Å². The molecule has 0 aromatic heterocycles. The monoisotopic (exact) mass is 391 g/mol. The number of ether oxygens (including phenoxy) is 1. The fraction of sp³-hybridized carbons (Fsp3) is 0.280. The standard InChI is InChI=1S/C25H29NO3/c1-17-5-7-22(13-19(17)3)26(23-8-6-18(2)20(4)14-23)21-9-11-25(12-10-21)29-16-24(28)15-27/h5-14,24,27-28H,15-16H2,1-4H3. The Morgan fingerprint density at radius 2 is 1.21 bits per heavy atom. The molecule has 0 saturated heterocycles. The maximum atomic E-state index is 9.47. The van der Waals surface area contributed by atoms with Crippen LogP contribution in [0.3, 0.4) is 0 Å². The Balaban J connectivity index is 1.98. The molecule has 0 radical (unpaired) electrons. The quantitative estimate of drug-likeness (QED) is 0.587. The molecule has 2 N–H and O–H groups in total. The molecule has 0 heterocycles. The first-order chi connectivity index (χ1) is 13.9. The van der Waals surface area contributed by atoms with Crippen molar-refractivity contribution in [2.75, 3.05) is 18.1 Å². The van der Waals surface area contributed by atoms with Crippen molar-refractivity contribution < 1.29 is 14.9 Å². The van der Waals surface area contributed by atoms with Crippen molar-refractivity contribution in [3.63, 3.8) is 0 Å². The topological polar surface area (TPSA) is 52.9 Å².